The Labute approximate surface area is 134 Å². The maximum Gasteiger partial charge on any atom is 0.306 e. The number of rotatable bonds is 8. The molecule has 8 nitrogen and oxygen atoms in total. The number of sulfone groups is 1. The quantitative estimate of drug-likeness (QED) is 0.435. The van der Waals surface area contributed by atoms with Gasteiger partial charge < -0.3 is 10.1 Å². The van der Waals surface area contributed by atoms with Crippen LogP contribution >= 0.6 is 0 Å². The molecule has 0 radical (unpaired) electrons. The molecular weight excluding hydrogens is 324 g/mol. The van der Waals surface area contributed by atoms with Crippen molar-refractivity contribution < 1.29 is 22.9 Å². The third-order valence-electron chi connectivity index (χ3n) is 3.06. The van der Waals surface area contributed by atoms with E-state index in [4.69, 9.17) is 4.74 Å². The van der Waals surface area contributed by atoms with Crippen molar-refractivity contribution in [1.29, 1.82) is 0 Å². The van der Waals surface area contributed by atoms with Crippen LogP contribution in [0.4, 0.5) is 11.4 Å². The second-order valence-electron chi connectivity index (χ2n) is 5.20. The smallest absolute Gasteiger partial charge is 0.306 e. The van der Waals surface area contributed by atoms with Crippen molar-refractivity contribution in [2.75, 3.05) is 24.7 Å². The number of nitrogens with one attached hydrogen (secondary N) is 1. The predicted molar refractivity (Wildman–Crippen MR) is 85.1 cm³/mol. The first-order chi connectivity index (χ1) is 10.6. The van der Waals surface area contributed by atoms with E-state index in [9.17, 15) is 23.3 Å². The number of nitro groups is 1. The third kappa shape index (κ3) is 5.85. The van der Waals surface area contributed by atoms with E-state index in [1.807, 2.05) is 0 Å². The van der Waals surface area contributed by atoms with Crippen LogP contribution in [0, 0.1) is 16.0 Å². The molecule has 0 saturated carbocycles. The molecule has 0 fully saturated rings. The Morgan fingerprint density at radius 3 is 2.61 bits per heavy atom. The molecule has 0 amide bonds. The topological polar surface area (TPSA) is 116 Å². The molecule has 9 heteroatoms. The number of benzene rings is 1. The molecule has 1 N–H and O–H groups in total. The van der Waals surface area contributed by atoms with Crippen molar-refractivity contribution in [3.8, 4) is 0 Å². The molecule has 1 atom stereocenters. The predicted octanol–water partition coefficient (Wildman–Crippen LogP) is 2.00. The molecule has 1 rings (SSSR count). The van der Waals surface area contributed by atoms with Gasteiger partial charge in [0.05, 0.1) is 16.4 Å². The van der Waals surface area contributed by atoms with E-state index in [1.165, 1.54) is 12.1 Å². The minimum Gasteiger partial charge on any atom is -0.466 e. The van der Waals surface area contributed by atoms with Gasteiger partial charge in [-0.05, 0) is 25.0 Å². The molecule has 0 aliphatic carbocycles. The average Bonchev–Trinajstić information content (AvgIpc) is 2.44. The Morgan fingerprint density at radius 1 is 1.43 bits per heavy atom. The van der Waals surface area contributed by atoms with Gasteiger partial charge >= 0.3 is 5.97 Å². The average molecular weight is 344 g/mol. The zero-order chi connectivity index (χ0) is 17.6. The Kier molecular flexibility index (Phi) is 6.49. The summed E-state index contributed by atoms with van der Waals surface area (Å²) in [5.41, 5.74) is -0.116. The van der Waals surface area contributed by atoms with Gasteiger partial charge in [-0.15, -0.1) is 0 Å². The molecule has 128 valence electrons. The molecule has 1 aromatic carbocycles. The summed E-state index contributed by atoms with van der Waals surface area (Å²) in [5.74, 6) is -0.424. The van der Waals surface area contributed by atoms with Crippen molar-refractivity contribution in [2.45, 2.75) is 25.2 Å². The zero-order valence-corrected chi connectivity index (χ0v) is 14.1. The van der Waals surface area contributed by atoms with Crippen molar-refractivity contribution in [3.63, 3.8) is 0 Å². The van der Waals surface area contributed by atoms with Gasteiger partial charge in [0.1, 0.15) is 5.69 Å². The maximum atomic E-state index is 11.5. The lowest BCUT2D eigenvalue weighted by molar-refractivity contribution is -0.384. The van der Waals surface area contributed by atoms with Gasteiger partial charge in [-0.1, -0.05) is 6.92 Å². The van der Waals surface area contributed by atoms with Crippen LogP contribution in [-0.2, 0) is 19.4 Å². The van der Waals surface area contributed by atoms with Crippen molar-refractivity contribution in [1.82, 2.24) is 0 Å². The molecule has 0 unspecified atom stereocenters. The summed E-state index contributed by atoms with van der Waals surface area (Å²) in [7, 11) is -3.52. The maximum absolute atomic E-state index is 11.5. The van der Waals surface area contributed by atoms with E-state index in [2.05, 4.69) is 5.32 Å². The highest BCUT2D eigenvalue weighted by atomic mass is 32.2. The number of carbonyl (C=O) groups excluding carboxylic acids is 1. The lowest BCUT2D eigenvalue weighted by atomic mass is 10.1. The molecule has 0 aliphatic heterocycles. The Balaban J connectivity index is 2.84. The second-order valence-corrected chi connectivity index (χ2v) is 7.22. The number of hydrogen-bond donors (Lipinski definition) is 1. The normalized spacial score (nSPS) is 12.5. The number of ether oxygens (including phenoxy) is 1. The van der Waals surface area contributed by atoms with E-state index in [-0.39, 0.29) is 34.6 Å². The van der Waals surface area contributed by atoms with Crippen LogP contribution in [0.25, 0.3) is 0 Å². The minimum atomic E-state index is -3.52. The Morgan fingerprint density at radius 2 is 2.09 bits per heavy atom. The highest BCUT2D eigenvalue weighted by Crippen LogP contribution is 2.27. The molecular formula is C14H20N2O6S. The van der Waals surface area contributed by atoms with Gasteiger partial charge in [-0.2, -0.15) is 0 Å². The van der Waals surface area contributed by atoms with Gasteiger partial charge in [-0.25, -0.2) is 8.42 Å². The summed E-state index contributed by atoms with van der Waals surface area (Å²) in [6.07, 6.45) is 1.18. The molecule has 0 bridgehead atoms. The van der Waals surface area contributed by atoms with Crippen LogP contribution in [0.5, 0.6) is 0 Å². The Hall–Kier alpha value is -2.16. The van der Waals surface area contributed by atoms with E-state index in [0.29, 0.717) is 13.2 Å². The first kappa shape index (κ1) is 18.9. The van der Waals surface area contributed by atoms with Gasteiger partial charge in [0.25, 0.3) is 5.69 Å². The lowest BCUT2D eigenvalue weighted by Gasteiger charge is -2.13. The number of nitro benzene ring substituents is 1. The van der Waals surface area contributed by atoms with Crippen LogP contribution in [0.2, 0.25) is 0 Å². The second kappa shape index (κ2) is 7.91. The van der Waals surface area contributed by atoms with Crippen LogP contribution in [0.1, 0.15) is 20.3 Å². The molecule has 0 saturated heterocycles. The van der Waals surface area contributed by atoms with Crippen molar-refractivity contribution in [2.24, 2.45) is 5.92 Å². The first-order valence-corrected chi connectivity index (χ1v) is 8.92. The summed E-state index contributed by atoms with van der Waals surface area (Å²) < 4.78 is 27.8. The van der Waals surface area contributed by atoms with E-state index >= 15 is 0 Å². The zero-order valence-electron chi connectivity index (χ0n) is 13.2. The SMILES string of the molecule is CCOC(=O)C[C@@H](C)CNc1ccc(S(C)(=O)=O)cc1[N+](=O)[O-]. The number of nitrogens with zero attached hydrogens (tertiary/aromatic N) is 1. The lowest BCUT2D eigenvalue weighted by Crippen LogP contribution is -2.17. The minimum absolute atomic E-state index is 0.0942. The van der Waals surface area contributed by atoms with Gasteiger partial charge in [0.2, 0.25) is 0 Å². The third-order valence-corrected chi connectivity index (χ3v) is 4.17. The summed E-state index contributed by atoms with van der Waals surface area (Å²) in [5, 5.41) is 14.0. The largest absolute Gasteiger partial charge is 0.466 e. The number of anilines is 1. The van der Waals surface area contributed by atoms with Gasteiger partial charge in [0, 0.05) is 25.3 Å². The van der Waals surface area contributed by atoms with Crippen molar-refractivity contribution in [3.05, 3.63) is 28.3 Å². The number of hydrogen-bond acceptors (Lipinski definition) is 7. The number of esters is 1. The molecule has 0 aliphatic rings. The molecule has 1 aromatic rings. The fraction of sp³-hybridized carbons (Fsp3) is 0.500. The fourth-order valence-electron chi connectivity index (χ4n) is 1.90. The fourth-order valence-corrected chi connectivity index (χ4v) is 2.54. The van der Waals surface area contributed by atoms with E-state index < -0.39 is 14.8 Å². The summed E-state index contributed by atoms with van der Waals surface area (Å²) in [6, 6.07) is 3.68. The van der Waals surface area contributed by atoms with Crippen LogP contribution in [0.3, 0.4) is 0 Å². The van der Waals surface area contributed by atoms with Gasteiger partial charge in [0.15, 0.2) is 9.84 Å². The monoisotopic (exact) mass is 344 g/mol. The van der Waals surface area contributed by atoms with E-state index in [0.717, 1.165) is 12.3 Å². The van der Waals surface area contributed by atoms with E-state index in [1.54, 1.807) is 13.8 Å². The molecule has 0 spiro atoms. The molecule has 23 heavy (non-hydrogen) atoms. The summed E-state index contributed by atoms with van der Waals surface area (Å²) >= 11 is 0. The Bertz CT molecular complexity index is 687. The van der Waals surface area contributed by atoms with Crippen LogP contribution < -0.4 is 5.32 Å². The first-order valence-electron chi connectivity index (χ1n) is 7.03. The molecule has 0 heterocycles. The van der Waals surface area contributed by atoms with Crippen LogP contribution in [0.15, 0.2) is 23.1 Å². The van der Waals surface area contributed by atoms with Crippen LogP contribution in [-0.4, -0.2) is 38.7 Å². The molecule has 0 aromatic heterocycles. The highest BCUT2D eigenvalue weighted by Gasteiger charge is 2.19. The number of carbonyl (C=O) groups is 1. The van der Waals surface area contributed by atoms with Crippen molar-refractivity contribution >= 4 is 27.2 Å². The van der Waals surface area contributed by atoms with Gasteiger partial charge in [-0.3, -0.25) is 14.9 Å². The highest BCUT2D eigenvalue weighted by molar-refractivity contribution is 7.90. The standard InChI is InChI=1S/C14H20N2O6S/c1-4-22-14(17)7-10(2)9-15-12-6-5-11(23(3,20)21)8-13(12)16(18)19/h5-6,8,10,15H,4,7,9H2,1-3H3/t10-/m1/s1. The summed E-state index contributed by atoms with van der Waals surface area (Å²) in [4.78, 5) is 21.7. The summed E-state index contributed by atoms with van der Waals surface area (Å²) in [6.45, 7) is 4.14.